The smallest absolute Gasteiger partial charge is 0.349 e. The minimum absolute atomic E-state index is 0.0501. The third-order valence-corrected chi connectivity index (χ3v) is 4.58. The summed E-state index contributed by atoms with van der Waals surface area (Å²) in [6, 6.07) is 2.40. The maximum Gasteiger partial charge on any atom is 0.417 e. The van der Waals surface area contributed by atoms with Crippen LogP contribution in [-0.2, 0) is 6.18 Å². The lowest BCUT2D eigenvalue weighted by Crippen LogP contribution is -2.33. The summed E-state index contributed by atoms with van der Waals surface area (Å²) in [7, 11) is 0. The molecule has 2 aromatic heterocycles. The monoisotopic (exact) mass is 366 g/mol. The van der Waals surface area contributed by atoms with Crippen molar-refractivity contribution in [2.24, 2.45) is 0 Å². The lowest BCUT2D eigenvalue weighted by atomic mass is 10.0. The third-order valence-electron chi connectivity index (χ3n) is 4.58. The minimum atomic E-state index is -4.44. The Balaban J connectivity index is 1.90. The van der Waals surface area contributed by atoms with Crippen molar-refractivity contribution in [1.29, 1.82) is 0 Å². The summed E-state index contributed by atoms with van der Waals surface area (Å²) in [4.78, 5) is 16.5. The summed E-state index contributed by atoms with van der Waals surface area (Å²) in [6.45, 7) is 3.81. The van der Waals surface area contributed by atoms with Crippen molar-refractivity contribution in [3.8, 4) is 5.82 Å². The van der Waals surface area contributed by atoms with Gasteiger partial charge < -0.3 is 5.32 Å². The Kier molecular flexibility index (Phi) is 5.02. The van der Waals surface area contributed by atoms with E-state index in [1.165, 1.54) is 16.9 Å². The van der Waals surface area contributed by atoms with E-state index in [0.717, 1.165) is 37.9 Å². The molecule has 0 atom stereocenters. The summed E-state index contributed by atoms with van der Waals surface area (Å²) in [5.41, 5.74) is 0.250. The van der Waals surface area contributed by atoms with Gasteiger partial charge in [-0.1, -0.05) is 26.7 Å². The standard InChI is InChI=1S/C18H21F3N4O/c1-11(2)16-14(17(26)24-13-5-3-4-6-13)10-23-25(16)15-8-7-12(9-22-15)18(19,20)21/h7-11,13H,3-6H2,1-2H3,(H,24,26). The number of halogens is 3. The third kappa shape index (κ3) is 3.73. The number of nitrogens with zero attached hydrogens (tertiary/aromatic N) is 3. The zero-order valence-electron chi connectivity index (χ0n) is 14.7. The molecule has 0 spiro atoms. The van der Waals surface area contributed by atoms with Crippen LogP contribution in [0.4, 0.5) is 13.2 Å². The Labute approximate surface area is 149 Å². The minimum Gasteiger partial charge on any atom is -0.349 e. The molecule has 0 aliphatic heterocycles. The van der Waals surface area contributed by atoms with Gasteiger partial charge in [0, 0.05) is 12.2 Å². The van der Waals surface area contributed by atoms with Gasteiger partial charge in [-0.3, -0.25) is 4.79 Å². The average Bonchev–Trinajstić information content (AvgIpc) is 3.23. The number of carbonyl (C=O) groups is 1. The molecule has 3 rings (SSSR count). The van der Waals surface area contributed by atoms with Gasteiger partial charge in [0.25, 0.3) is 5.91 Å². The van der Waals surface area contributed by atoms with E-state index >= 15 is 0 Å². The first kappa shape index (κ1) is 18.4. The van der Waals surface area contributed by atoms with Crippen LogP contribution < -0.4 is 5.32 Å². The number of hydrogen-bond donors (Lipinski definition) is 1. The Morgan fingerprint density at radius 3 is 2.46 bits per heavy atom. The van der Waals surface area contributed by atoms with Gasteiger partial charge in [-0.05, 0) is 30.9 Å². The molecule has 0 unspecified atom stereocenters. The number of alkyl halides is 3. The largest absolute Gasteiger partial charge is 0.417 e. The number of rotatable bonds is 4. The second kappa shape index (κ2) is 7.09. The van der Waals surface area contributed by atoms with E-state index in [0.29, 0.717) is 11.3 Å². The summed E-state index contributed by atoms with van der Waals surface area (Å²) in [5.74, 6) is 0.00583. The number of nitrogens with one attached hydrogen (secondary N) is 1. The number of hydrogen-bond acceptors (Lipinski definition) is 3. The number of carbonyl (C=O) groups excluding carboxylic acids is 1. The van der Waals surface area contributed by atoms with E-state index in [1.54, 1.807) is 0 Å². The van der Waals surface area contributed by atoms with Crippen LogP contribution in [0.2, 0.25) is 0 Å². The van der Waals surface area contributed by atoms with Gasteiger partial charge in [0.05, 0.1) is 23.0 Å². The highest BCUT2D eigenvalue weighted by Gasteiger charge is 2.31. The quantitative estimate of drug-likeness (QED) is 0.887. The van der Waals surface area contributed by atoms with E-state index < -0.39 is 11.7 Å². The van der Waals surface area contributed by atoms with Gasteiger partial charge in [0.15, 0.2) is 5.82 Å². The highest BCUT2D eigenvalue weighted by molar-refractivity contribution is 5.95. The van der Waals surface area contributed by atoms with Crippen LogP contribution in [0.25, 0.3) is 5.82 Å². The van der Waals surface area contributed by atoms with Gasteiger partial charge in [-0.15, -0.1) is 0 Å². The fourth-order valence-electron chi connectivity index (χ4n) is 3.28. The van der Waals surface area contributed by atoms with E-state index in [1.807, 2.05) is 13.8 Å². The first-order valence-electron chi connectivity index (χ1n) is 8.69. The molecular formula is C18H21F3N4O. The Morgan fingerprint density at radius 1 is 1.23 bits per heavy atom. The van der Waals surface area contributed by atoms with Crippen molar-refractivity contribution in [2.45, 2.75) is 57.7 Å². The van der Waals surface area contributed by atoms with Crippen molar-refractivity contribution >= 4 is 5.91 Å². The first-order chi connectivity index (χ1) is 12.3. The Bertz CT molecular complexity index is 775. The van der Waals surface area contributed by atoms with E-state index in [4.69, 9.17) is 0 Å². The molecule has 8 heteroatoms. The molecule has 1 saturated carbocycles. The number of amides is 1. The summed E-state index contributed by atoms with van der Waals surface area (Å²) >= 11 is 0. The predicted molar refractivity (Wildman–Crippen MR) is 90.2 cm³/mol. The summed E-state index contributed by atoms with van der Waals surface area (Å²) in [5, 5.41) is 7.23. The highest BCUT2D eigenvalue weighted by Crippen LogP contribution is 2.29. The zero-order chi connectivity index (χ0) is 18.9. The second-order valence-corrected chi connectivity index (χ2v) is 6.87. The fraction of sp³-hybridized carbons (Fsp3) is 0.500. The molecule has 5 nitrogen and oxygen atoms in total. The molecule has 1 fully saturated rings. The molecule has 0 radical (unpaired) electrons. The van der Waals surface area contributed by atoms with Gasteiger partial charge in [-0.25, -0.2) is 9.67 Å². The molecular weight excluding hydrogens is 345 g/mol. The van der Waals surface area contributed by atoms with E-state index in [-0.39, 0.29) is 23.7 Å². The van der Waals surface area contributed by atoms with Crippen LogP contribution in [0, 0.1) is 0 Å². The van der Waals surface area contributed by atoms with Gasteiger partial charge in [-0.2, -0.15) is 18.3 Å². The normalized spacial score (nSPS) is 15.6. The maximum atomic E-state index is 12.7. The van der Waals surface area contributed by atoms with Crippen LogP contribution in [0.3, 0.4) is 0 Å². The average molecular weight is 366 g/mol. The molecule has 2 aromatic rings. The van der Waals surface area contributed by atoms with Crippen molar-refractivity contribution < 1.29 is 18.0 Å². The van der Waals surface area contributed by atoms with E-state index in [2.05, 4.69) is 15.4 Å². The van der Waals surface area contributed by atoms with Gasteiger partial charge in [0.2, 0.25) is 0 Å². The predicted octanol–water partition coefficient (Wildman–Crippen LogP) is 4.08. The number of aromatic nitrogens is 3. The molecule has 2 heterocycles. The Hall–Kier alpha value is -2.38. The molecule has 1 aliphatic rings. The molecule has 140 valence electrons. The van der Waals surface area contributed by atoms with Crippen molar-refractivity contribution in [2.75, 3.05) is 0 Å². The molecule has 1 amide bonds. The zero-order valence-corrected chi connectivity index (χ0v) is 14.7. The van der Waals surface area contributed by atoms with Crippen molar-refractivity contribution in [3.63, 3.8) is 0 Å². The summed E-state index contributed by atoms with van der Waals surface area (Å²) in [6.07, 6.45) is 1.95. The van der Waals surface area contributed by atoms with Crippen LogP contribution >= 0.6 is 0 Å². The van der Waals surface area contributed by atoms with Gasteiger partial charge >= 0.3 is 6.18 Å². The molecule has 0 bridgehead atoms. The van der Waals surface area contributed by atoms with Crippen molar-refractivity contribution in [3.05, 3.63) is 41.3 Å². The van der Waals surface area contributed by atoms with Crippen LogP contribution in [0.1, 0.15) is 67.1 Å². The van der Waals surface area contributed by atoms with Crippen LogP contribution in [0.15, 0.2) is 24.5 Å². The fourth-order valence-corrected chi connectivity index (χ4v) is 3.28. The summed E-state index contributed by atoms with van der Waals surface area (Å²) < 4.78 is 39.6. The topological polar surface area (TPSA) is 59.8 Å². The molecule has 1 N–H and O–H groups in total. The van der Waals surface area contributed by atoms with E-state index in [9.17, 15) is 18.0 Å². The molecule has 1 aliphatic carbocycles. The van der Waals surface area contributed by atoms with Gasteiger partial charge in [0.1, 0.15) is 0 Å². The molecule has 26 heavy (non-hydrogen) atoms. The molecule has 0 saturated heterocycles. The van der Waals surface area contributed by atoms with Crippen LogP contribution in [-0.4, -0.2) is 26.7 Å². The first-order valence-corrected chi connectivity index (χ1v) is 8.69. The van der Waals surface area contributed by atoms with Crippen molar-refractivity contribution in [1.82, 2.24) is 20.1 Å². The Morgan fingerprint density at radius 2 is 1.92 bits per heavy atom. The lowest BCUT2D eigenvalue weighted by molar-refractivity contribution is -0.137. The lowest BCUT2D eigenvalue weighted by Gasteiger charge is -2.15. The highest BCUT2D eigenvalue weighted by atomic mass is 19.4. The SMILES string of the molecule is CC(C)c1c(C(=O)NC2CCCC2)cnn1-c1ccc(C(F)(F)F)cn1. The second-order valence-electron chi connectivity index (χ2n) is 6.87. The van der Waals surface area contributed by atoms with Crippen LogP contribution in [0.5, 0.6) is 0 Å². The maximum absolute atomic E-state index is 12.7. The number of pyridine rings is 1. The molecule has 0 aromatic carbocycles.